The highest BCUT2D eigenvalue weighted by Crippen LogP contribution is 2.30. The molecule has 0 spiro atoms. The summed E-state index contributed by atoms with van der Waals surface area (Å²) in [5.41, 5.74) is 6.95. The van der Waals surface area contributed by atoms with E-state index < -0.39 is 0 Å². The first kappa shape index (κ1) is 12.2. The van der Waals surface area contributed by atoms with Crippen molar-refractivity contribution in [3.05, 3.63) is 27.7 Å². The first-order valence-corrected chi connectivity index (χ1v) is 5.46. The molecule has 0 fully saturated rings. The van der Waals surface area contributed by atoms with Gasteiger partial charge in [-0.3, -0.25) is 4.79 Å². The molecular formula is C11H14BrNO2. The minimum absolute atomic E-state index is 0.0592. The molecule has 82 valence electrons. The summed E-state index contributed by atoms with van der Waals surface area (Å²) in [4.78, 5) is 11.6. The van der Waals surface area contributed by atoms with Gasteiger partial charge >= 0.3 is 0 Å². The molecule has 0 saturated carbocycles. The first-order valence-electron chi connectivity index (χ1n) is 4.67. The predicted octanol–water partition coefficient (Wildman–Crippen LogP) is 2.30. The zero-order chi connectivity index (χ0) is 11.4. The number of Topliss-reactive ketones (excluding diaryl/α,β-unsaturated/α-hetero) is 1. The van der Waals surface area contributed by atoms with Gasteiger partial charge in [0.1, 0.15) is 5.75 Å². The van der Waals surface area contributed by atoms with E-state index in [2.05, 4.69) is 15.9 Å². The quantitative estimate of drug-likeness (QED) is 0.855. The monoisotopic (exact) mass is 271 g/mol. The average Bonchev–Trinajstić information content (AvgIpc) is 2.17. The molecule has 2 N–H and O–H groups in total. The van der Waals surface area contributed by atoms with Crippen molar-refractivity contribution in [2.24, 2.45) is 5.73 Å². The molecule has 0 amide bonds. The van der Waals surface area contributed by atoms with Gasteiger partial charge in [-0.25, -0.2) is 0 Å². The fraction of sp³-hybridized carbons (Fsp3) is 0.364. The van der Waals surface area contributed by atoms with Crippen molar-refractivity contribution in [2.75, 3.05) is 13.7 Å². The summed E-state index contributed by atoms with van der Waals surface area (Å²) in [5, 5.41) is 0. The molecule has 0 heterocycles. The summed E-state index contributed by atoms with van der Waals surface area (Å²) in [6, 6.07) is 3.59. The number of aryl methyl sites for hydroxylation is 1. The van der Waals surface area contributed by atoms with Crippen molar-refractivity contribution in [3.63, 3.8) is 0 Å². The second kappa shape index (κ2) is 5.28. The second-order valence-electron chi connectivity index (χ2n) is 3.27. The maximum atomic E-state index is 11.6. The molecular weight excluding hydrogens is 258 g/mol. The molecule has 1 aromatic carbocycles. The van der Waals surface area contributed by atoms with Crippen LogP contribution in [-0.2, 0) is 0 Å². The SMILES string of the molecule is COc1c(C)cc(C(=O)CCN)cc1Br. The van der Waals surface area contributed by atoms with Gasteiger partial charge in [-0.15, -0.1) is 0 Å². The van der Waals surface area contributed by atoms with Crippen molar-refractivity contribution < 1.29 is 9.53 Å². The van der Waals surface area contributed by atoms with Crippen LogP contribution in [0, 0.1) is 6.92 Å². The number of halogens is 1. The van der Waals surface area contributed by atoms with Gasteiger partial charge in [0, 0.05) is 12.0 Å². The van der Waals surface area contributed by atoms with Crippen molar-refractivity contribution in [1.29, 1.82) is 0 Å². The van der Waals surface area contributed by atoms with Crippen LogP contribution in [-0.4, -0.2) is 19.4 Å². The average molecular weight is 272 g/mol. The smallest absolute Gasteiger partial charge is 0.164 e. The number of carbonyl (C=O) groups is 1. The predicted molar refractivity (Wildman–Crippen MR) is 63.4 cm³/mol. The number of benzene rings is 1. The minimum Gasteiger partial charge on any atom is -0.495 e. The first-order chi connectivity index (χ1) is 7.10. The number of rotatable bonds is 4. The molecule has 0 aliphatic rings. The molecule has 0 atom stereocenters. The molecule has 1 aromatic rings. The largest absolute Gasteiger partial charge is 0.495 e. The van der Waals surface area contributed by atoms with Gasteiger partial charge in [0.2, 0.25) is 0 Å². The molecule has 4 heteroatoms. The standard InChI is InChI=1S/C11H14BrNO2/c1-7-5-8(10(14)3-4-13)6-9(12)11(7)15-2/h5-6H,3-4,13H2,1-2H3. The van der Waals surface area contributed by atoms with Crippen LogP contribution in [0.2, 0.25) is 0 Å². The molecule has 0 aliphatic heterocycles. The lowest BCUT2D eigenvalue weighted by Crippen LogP contribution is -2.08. The third kappa shape index (κ3) is 2.79. The lowest BCUT2D eigenvalue weighted by molar-refractivity contribution is 0.0985. The van der Waals surface area contributed by atoms with Gasteiger partial charge in [-0.05, 0) is 47.1 Å². The Morgan fingerprint density at radius 1 is 1.53 bits per heavy atom. The lowest BCUT2D eigenvalue weighted by Gasteiger charge is -2.09. The van der Waals surface area contributed by atoms with Gasteiger partial charge in [0.15, 0.2) is 5.78 Å². The summed E-state index contributed by atoms with van der Waals surface area (Å²) in [5.74, 6) is 0.822. The molecule has 3 nitrogen and oxygen atoms in total. The number of nitrogens with two attached hydrogens (primary N) is 1. The highest BCUT2D eigenvalue weighted by molar-refractivity contribution is 9.10. The maximum absolute atomic E-state index is 11.6. The van der Waals surface area contributed by atoms with E-state index >= 15 is 0 Å². The van der Waals surface area contributed by atoms with Crippen molar-refractivity contribution in [3.8, 4) is 5.75 Å². The van der Waals surface area contributed by atoms with Gasteiger partial charge in [0.05, 0.1) is 11.6 Å². The van der Waals surface area contributed by atoms with Crippen LogP contribution >= 0.6 is 15.9 Å². The van der Waals surface area contributed by atoms with E-state index in [1.807, 2.05) is 13.0 Å². The highest BCUT2D eigenvalue weighted by Gasteiger charge is 2.11. The molecule has 0 bridgehead atoms. The summed E-state index contributed by atoms with van der Waals surface area (Å²) >= 11 is 3.37. The van der Waals surface area contributed by atoms with Gasteiger partial charge in [-0.1, -0.05) is 0 Å². The summed E-state index contributed by atoms with van der Waals surface area (Å²) in [7, 11) is 1.61. The molecule has 0 saturated heterocycles. The number of methoxy groups -OCH3 is 1. The van der Waals surface area contributed by atoms with E-state index in [9.17, 15) is 4.79 Å². The molecule has 0 aliphatic carbocycles. The molecule has 0 aromatic heterocycles. The van der Waals surface area contributed by atoms with E-state index in [1.165, 1.54) is 0 Å². The third-order valence-corrected chi connectivity index (χ3v) is 2.72. The molecule has 0 unspecified atom stereocenters. The second-order valence-corrected chi connectivity index (χ2v) is 4.12. The summed E-state index contributed by atoms with van der Waals surface area (Å²) in [6.07, 6.45) is 0.373. The van der Waals surface area contributed by atoms with Crippen molar-refractivity contribution >= 4 is 21.7 Å². The van der Waals surface area contributed by atoms with Crippen LogP contribution in [0.5, 0.6) is 5.75 Å². The summed E-state index contributed by atoms with van der Waals surface area (Å²) in [6.45, 7) is 2.28. The Balaban J connectivity index is 3.08. The van der Waals surface area contributed by atoms with Crippen LogP contribution in [0.25, 0.3) is 0 Å². The van der Waals surface area contributed by atoms with E-state index in [0.29, 0.717) is 18.5 Å². The van der Waals surface area contributed by atoms with Crippen LogP contribution in [0.4, 0.5) is 0 Å². The Bertz CT molecular complexity index is 354. The number of hydrogen-bond acceptors (Lipinski definition) is 3. The maximum Gasteiger partial charge on any atom is 0.164 e. The van der Waals surface area contributed by atoms with Crippen LogP contribution in [0.3, 0.4) is 0 Å². The van der Waals surface area contributed by atoms with Gasteiger partial charge in [-0.2, -0.15) is 0 Å². The number of carbonyl (C=O) groups excluding carboxylic acids is 1. The summed E-state index contributed by atoms with van der Waals surface area (Å²) < 4.78 is 5.98. The molecule has 15 heavy (non-hydrogen) atoms. The Morgan fingerprint density at radius 3 is 2.67 bits per heavy atom. The third-order valence-electron chi connectivity index (χ3n) is 2.13. The van der Waals surface area contributed by atoms with E-state index in [-0.39, 0.29) is 5.78 Å². The van der Waals surface area contributed by atoms with E-state index in [4.69, 9.17) is 10.5 Å². The van der Waals surface area contributed by atoms with Crippen LogP contribution < -0.4 is 10.5 Å². The Kier molecular flexibility index (Phi) is 4.29. The highest BCUT2D eigenvalue weighted by atomic mass is 79.9. The number of ketones is 1. The van der Waals surface area contributed by atoms with E-state index in [1.54, 1.807) is 13.2 Å². The Labute approximate surface area is 97.7 Å². The van der Waals surface area contributed by atoms with Crippen LogP contribution in [0.15, 0.2) is 16.6 Å². The number of hydrogen-bond donors (Lipinski definition) is 1. The van der Waals surface area contributed by atoms with Gasteiger partial charge < -0.3 is 10.5 Å². The fourth-order valence-corrected chi connectivity index (χ4v) is 2.15. The van der Waals surface area contributed by atoms with Gasteiger partial charge in [0.25, 0.3) is 0 Å². The zero-order valence-corrected chi connectivity index (χ0v) is 10.4. The van der Waals surface area contributed by atoms with E-state index in [0.717, 1.165) is 15.8 Å². The Hall–Kier alpha value is -0.870. The normalized spacial score (nSPS) is 10.1. The Morgan fingerprint density at radius 2 is 2.20 bits per heavy atom. The van der Waals surface area contributed by atoms with Crippen molar-refractivity contribution in [1.82, 2.24) is 0 Å². The molecule has 1 rings (SSSR count). The topological polar surface area (TPSA) is 52.3 Å². The minimum atomic E-state index is 0.0592. The van der Waals surface area contributed by atoms with Crippen molar-refractivity contribution in [2.45, 2.75) is 13.3 Å². The van der Waals surface area contributed by atoms with Crippen LogP contribution in [0.1, 0.15) is 22.3 Å². The zero-order valence-electron chi connectivity index (χ0n) is 8.84. The number of ether oxygens (including phenoxy) is 1. The lowest BCUT2D eigenvalue weighted by atomic mass is 10.1. The molecule has 0 radical (unpaired) electrons. The fourth-order valence-electron chi connectivity index (χ4n) is 1.43.